The van der Waals surface area contributed by atoms with E-state index in [1.165, 1.54) is 16.8 Å². The van der Waals surface area contributed by atoms with Crippen molar-refractivity contribution in [1.82, 2.24) is 23.7 Å². The fraction of sp³-hybridized carbons (Fsp3) is 0.400. The predicted molar refractivity (Wildman–Crippen MR) is 150 cm³/mol. The van der Waals surface area contributed by atoms with E-state index < -0.39 is 10.0 Å². The number of benzene rings is 1. The van der Waals surface area contributed by atoms with Crippen molar-refractivity contribution in [3.05, 3.63) is 54.4 Å². The molecular weight excluding hydrogens is 494 g/mol. The van der Waals surface area contributed by atoms with Gasteiger partial charge in [0, 0.05) is 30.5 Å². The summed E-state index contributed by atoms with van der Waals surface area (Å²) in [6.45, 7) is 8.14. The van der Waals surface area contributed by atoms with Crippen molar-refractivity contribution in [2.24, 2.45) is 5.92 Å². The first-order valence-electron chi connectivity index (χ1n) is 11.5. The highest BCUT2D eigenvalue weighted by Gasteiger charge is 2.29. The molecule has 11 heteroatoms. The van der Waals surface area contributed by atoms with Gasteiger partial charge < -0.3 is 10.6 Å². The molecule has 1 fully saturated rings. The molecule has 0 bridgehead atoms. The standard InChI is InChI=1S/C24H29N7O2S.CH4.H2S/c1-15(2)30-13-12-21(29-30)26-24-27-22(25-17(4)18-7-8-18)20-11-14-31(23(20)28-24)34(32,33)19-9-5-16(3)6-10-19;;/h5-6,9-15,17-18H,7-8H2,1-4H3,(H2,25,26,27,28,29);1H4;1H2/t17-;;/m0../s1. The van der Waals surface area contributed by atoms with Crippen LogP contribution in [-0.4, -0.2) is 38.2 Å². The minimum Gasteiger partial charge on any atom is -0.367 e. The molecule has 0 spiro atoms. The van der Waals surface area contributed by atoms with Gasteiger partial charge in [-0.3, -0.25) is 4.68 Å². The van der Waals surface area contributed by atoms with Crippen LogP contribution in [0.5, 0.6) is 0 Å². The monoisotopic (exact) mass is 529 g/mol. The maximum absolute atomic E-state index is 13.5. The number of anilines is 3. The molecule has 0 amide bonds. The largest absolute Gasteiger partial charge is 0.367 e. The van der Waals surface area contributed by atoms with Crippen molar-refractivity contribution in [2.75, 3.05) is 10.6 Å². The van der Waals surface area contributed by atoms with E-state index in [4.69, 9.17) is 0 Å². The summed E-state index contributed by atoms with van der Waals surface area (Å²) in [6, 6.07) is 10.8. The normalized spacial score (nSPS) is 14.2. The lowest BCUT2D eigenvalue weighted by Crippen LogP contribution is -2.19. The number of hydrogen-bond donors (Lipinski definition) is 2. The van der Waals surface area contributed by atoms with Crippen molar-refractivity contribution >= 4 is 52.1 Å². The quantitative estimate of drug-likeness (QED) is 0.312. The molecule has 3 aromatic heterocycles. The summed E-state index contributed by atoms with van der Waals surface area (Å²) in [6.07, 6.45) is 5.79. The fourth-order valence-corrected chi connectivity index (χ4v) is 5.21. The zero-order chi connectivity index (χ0) is 24.0. The van der Waals surface area contributed by atoms with Crippen LogP contribution in [-0.2, 0) is 10.0 Å². The van der Waals surface area contributed by atoms with Crippen LogP contribution >= 0.6 is 13.5 Å². The van der Waals surface area contributed by atoms with Gasteiger partial charge in [-0.1, -0.05) is 25.1 Å². The van der Waals surface area contributed by atoms with Gasteiger partial charge in [0.15, 0.2) is 11.5 Å². The minimum atomic E-state index is -3.83. The molecule has 194 valence electrons. The van der Waals surface area contributed by atoms with Crippen molar-refractivity contribution < 1.29 is 8.42 Å². The molecule has 2 N–H and O–H groups in total. The highest BCUT2D eigenvalue weighted by atomic mass is 32.2. The van der Waals surface area contributed by atoms with E-state index in [0.29, 0.717) is 28.6 Å². The van der Waals surface area contributed by atoms with Gasteiger partial charge in [0.1, 0.15) is 5.82 Å². The molecule has 3 heterocycles. The lowest BCUT2D eigenvalue weighted by atomic mass is 10.2. The summed E-state index contributed by atoms with van der Waals surface area (Å²) in [5.74, 6) is 2.08. The first-order valence-corrected chi connectivity index (χ1v) is 13.0. The highest BCUT2D eigenvalue weighted by molar-refractivity contribution is 7.90. The fourth-order valence-electron chi connectivity index (χ4n) is 3.91. The van der Waals surface area contributed by atoms with Gasteiger partial charge >= 0.3 is 0 Å². The smallest absolute Gasteiger partial charge is 0.269 e. The Balaban J connectivity index is 0.00000180. The molecule has 0 saturated heterocycles. The van der Waals surface area contributed by atoms with Crippen LogP contribution in [0, 0.1) is 12.8 Å². The topological polar surface area (TPSA) is 107 Å². The van der Waals surface area contributed by atoms with Crippen LogP contribution in [0.1, 0.15) is 52.6 Å². The van der Waals surface area contributed by atoms with Gasteiger partial charge in [-0.25, -0.2) is 12.4 Å². The average Bonchev–Trinajstić information content (AvgIpc) is 3.38. The second kappa shape index (κ2) is 10.5. The molecule has 5 rings (SSSR count). The minimum absolute atomic E-state index is 0. The van der Waals surface area contributed by atoms with Crippen LogP contribution < -0.4 is 10.6 Å². The highest BCUT2D eigenvalue weighted by Crippen LogP contribution is 2.35. The zero-order valence-corrected chi connectivity index (χ0v) is 22.0. The molecule has 36 heavy (non-hydrogen) atoms. The van der Waals surface area contributed by atoms with E-state index in [1.54, 1.807) is 36.5 Å². The molecule has 1 aromatic carbocycles. The number of nitrogens with one attached hydrogen (secondary N) is 2. The summed E-state index contributed by atoms with van der Waals surface area (Å²) in [4.78, 5) is 9.49. The van der Waals surface area contributed by atoms with Gasteiger partial charge in [0.25, 0.3) is 10.0 Å². The van der Waals surface area contributed by atoms with Crippen molar-refractivity contribution in [3.63, 3.8) is 0 Å². The van der Waals surface area contributed by atoms with Crippen LogP contribution in [0.25, 0.3) is 11.0 Å². The Morgan fingerprint density at radius 3 is 2.31 bits per heavy atom. The lowest BCUT2D eigenvalue weighted by Gasteiger charge is -2.16. The lowest BCUT2D eigenvalue weighted by molar-refractivity contribution is 0.534. The van der Waals surface area contributed by atoms with Crippen LogP contribution in [0.3, 0.4) is 0 Å². The number of nitrogens with zero attached hydrogens (tertiary/aromatic N) is 5. The number of hydrogen-bond acceptors (Lipinski definition) is 7. The molecule has 1 aliphatic carbocycles. The van der Waals surface area contributed by atoms with Crippen LogP contribution in [0.4, 0.5) is 17.6 Å². The van der Waals surface area contributed by atoms with Crippen molar-refractivity contribution in [2.45, 2.75) is 64.9 Å². The Hall–Kier alpha value is -3.05. The molecular formula is C25H35N7O2S2. The predicted octanol–water partition coefficient (Wildman–Crippen LogP) is 5.46. The summed E-state index contributed by atoms with van der Waals surface area (Å²) < 4.78 is 30.0. The molecule has 1 atom stereocenters. The Labute approximate surface area is 219 Å². The molecule has 1 saturated carbocycles. The summed E-state index contributed by atoms with van der Waals surface area (Å²) in [5.41, 5.74) is 1.30. The first kappa shape index (κ1) is 27.5. The number of fused-ring (bicyclic) bond motifs is 1. The van der Waals surface area contributed by atoms with Crippen LogP contribution in [0.2, 0.25) is 0 Å². The second-order valence-electron chi connectivity index (χ2n) is 9.23. The Morgan fingerprint density at radius 1 is 1.00 bits per heavy atom. The number of rotatable bonds is 8. The van der Waals surface area contributed by atoms with Crippen molar-refractivity contribution in [3.8, 4) is 0 Å². The molecule has 4 aromatic rings. The average molecular weight is 530 g/mol. The van der Waals surface area contributed by atoms with E-state index in [2.05, 4.69) is 32.6 Å². The van der Waals surface area contributed by atoms with Gasteiger partial charge in [-0.15, -0.1) is 0 Å². The molecule has 0 radical (unpaired) electrons. The summed E-state index contributed by atoms with van der Waals surface area (Å²) >= 11 is 0. The number of aromatic nitrogens is 5. The first-order chi connectivity index (χ1) is 16.2. The Bertz CT molecular complexity index is 1440. The van der Waals surface area contributed by atoms with Gasteiger partial charge in [-0.2, -0.15) is 28.6 Å². The SMILES string of the molecule is C.Cc1ccc(S(=O)(=O)n2ccc3c(N[C@@H](C)C4CC4)nc(Nc4ccn(C(C)C)n4)nc32)cc1.S. The summed E-state index contributed by atoms with van der Waals surface area (Å²) in [7, 11) is -3.83. The van der Waals surface area contributed by atoms with E-state index >= 15 is 0 Å². The van der Waals surface area contributed by atoms with E-state index in [1.807, 2.05) is 37.7 Å². The molecule has 9 nitrogen and oxygen atoms in total. The maximum Gasteiger partial charge on any atom is 0.269 e. The Morgan fingerprint density at radius 2 is 1.69 bits per heavy atom. The molecule has 0 aliphatic heterocycles. The third-order valence-electron chi connectivity index (χ3n) is 6.16. The van der Waals surface area contributed by atoms with Gasteiger partial charge in [0.2, 0.25) is 5.95 Å². The molecule has 1 aliphatic rings. The molecule has 0 unspecified atom stereocenters. The summed E-state index contributed by atoms with van der Waals surface area (Å²) in [5, 5.41) is 11.8. The van der Waals surface area contributed by atoms with E-state index in [-0.39, 0.29) is 43.8 Å². The van der Waals surface area contributed by atoms with Gasteiger partial charge in [-0.05, 0) is 64.7 Å². The third-order valence-corrected chi connectivity index (χ3v) is 7.84. The Kier molecular flexibility index (Phi) is 8.04. The van der Waals surface area contributed by atoms with Gasteiger partial charge in [0.05, 0.1) is 10.3 Å². The third kappa shape index (κ3) is 5.36. The second-order valence-corrected chi connectivity index (χ2v) is 11.0. The van der Waals surface area contributed by atoms with Crippen LogP contribution in [0.15, 0.2) is 53.7 Å². The zero-order valence-electron chi connectivity index (χ0n) is 20.2. The van der Waals surface area contributed by atoms with Crippen molar-refractivity contribution in [1.29, 1.82) is 0 Å². The van der Waals surface area contributed by atoms with E-state index in [9.17, 15) is 8.42 Å². The maximum atomic E-state index is 13.5. The van der Waals surface area contributed by atoms with E-state index in [0.717, 1.165) is 5.56 Å². The number of aryl methyl sites for hydroxylation is 1.